The van der Waals surface area contributed by atoms with Gasteiger partial charge in [0.2, 0.25) is 0 Å². The summed E-state index contributed by atoms with van der Waals surface area (Å²) < 4.78 is 42.7. The van der Waals surface area contributed by atoms with Crippen LogP contribution in [0.1, 0.15) is 5.56 Å². The predicted molar refractivity (Wildman–Crippen MR) is 99.4 cm³/mol. The summed E-state index contributed by atoms with van der Waals surface area (Å²) in [6.45, 7) is 1.00. The van der Waals surface area contributed by atoms with Gasteiger partial charge in [-0.1, -0.05) is 6.07 Å². The van der Waals surface area contributed by atoms with Gasteiger partial charge in [0.25, 0.3) is 10.0 Å². The molecule has 0 amide bonds. The van der Waals surface area contributed by atoms with E-state index in [4.69, 9.17) is 14.2 Å². The van der Waals surface area contributed by atoms with Crippen LogP contribution in [0.5, 0.6) is 17.2 Å². The minimum Gasteiger partial charge on any atom is -0.495 e. The van der Waals surface area contributed by atoms with Crippen LogP contribution in [-0.4, -0.2) is 47.4 Å². The predicted octanol–water partition coefficient (Wildman–Crippen LogP) is 2.30. The van der Waals surface area contributed by atoms with Crippen molar-refractivity contribution in [2.24, 2.45) is 0 Å². The second-order valence-electron chi connectivity index (χ2n) is 5.60. The Morgan fingerprint density at radius 1 is 0.963 bits per heavy atom. The van der Waals surface area contributed by atoms with Gasteiger partial charge in [0, 0.05) is 6.07 Å². The normalized spacial score (nSPS) is 11.0. The number of aliphatic carboxylic acids is 1. The van der Waals surface area contributed by atoms with E-state index in [-0.39, 0.29) is 22.1 Å². The highest BCUT2D eigenvalue weighted by atomic mass is 32.2. The summed E-state index contributed by atoms with van der Waals surface area (Å²) in [6, 6.07) is 8.94. The Morgan fingerprint density at radius 2 is 1.56 bits per heavy atom. The molecule has 9 heteroatoms. The number of methoxy groups -OCH3 is 3. The Balaban J connectivity index is 2.66. The first-order valence-electron chi connectivity index (χ1n) is 7.85. The van der Waals surface area contributed by atoms with Crippen LogP contribution in [0.2, 0.25) is 0 Å². The van der Waals surface area contributed by atoms with Crippen molar-refractivity contribution in [3.05, 3.63) is 42.0 Å². The molecule has 1 N–H and O–H groups in total. The molecule has 8 nitrogen and oxygen atoms in total. The molecular formula is C18H21NO7S. The SMILES string of the molecule is COc1ccc(S(=O)(=O)N(CC(=O)O)c2cc(C)ccc2OC)cc1OC. The van der Waals surface area contributed by atoms with E-state index in [9.17, 15) is 18.3 Å². The molecular weight excluding hydrogens is 374 g/mol. The van der Waals surface area contributed by atoms with Gasteiger partial charge in [-0.3, -0.25) is 9.10 Å². The van der Waals surface area contributed by atoms with Crippen molar-refractivity contribution in [2.75, 3.05) is 32.2 Å². The monoisotopic (exact) mass is 395 g/mol. The number of hydrogen-bond acceptors (Lipinski definition) is 6. The van der Waals surface area contributed by atoms with Crippen LogP contribution in [0.15, 0.2) is 41.3 Å². The van der Waals surface area contributed by atoms with Crippen molar-refractivity contribution < 1.29 is 32.5 Å². The summed E-state index contributed by atoms with van der Waals surface area (Å²) in [5, 5.41) is 9.28. The maximum atomic E-state index is 13.2. The fraction of sp³-hybridized carbons (Fsp3) is 0.278. The molecule has 0 aromatic heterocycles. The van der Waals surface area contributed by atoms with Crippen LogP contribution in [-0.2, 0) is 14.8 Å². The number of anilines is 1. The number of nitrogens with zero attached hydrogens (tertiary/aromatic N) is 1. The smallest absolute Gasteiger partial charge is 0.324 e. The number of sulfonamides is 1. The number of rotatable bonds is 8. The Morgan fingerprint density at radius 3 is 2.11 bits per heavy atom. The zero-order valence-corrected chi connectivity index (χ0v) is 16.2. The van der Waals surface area contributed by atoms with E-state index in [0.29, 0.717) is 5.75 Å². The summed E-state index contributed by atoms with van der Waals surface area (Å²) >= 11 is 0. The first-order valence-corrected chi connectivity index (χ1v) is 9.29. The Labute approximate surface area is 157 Å². The lowest BCUT2D eigenvalue weighted by Crippen LogP contribution is -2.36. The molecule has 27 heavy (non-hydrogen) atoms. The molecule has 2 rings (SSSR count). The molecule has 0 heterocycles. The van der Waals surface area contributed by atoms with Crippen molar-refractivity contribution in [1.82, 2.24) is 0 Å². The van der Waals surface area contributed by atoms with Crippen molar-refractivity contribution in [3.63, 3.8) is 0 Å². The zero-order chi connectivity index (χ0) is 20.2. The van der Waals surface area contributed by atoms with Crippen LogP contribution in [0, 0.1) is 6.92 Å². The Hall–Kier alpha value is -2.94. The Kier molecular flexibility index (Phi) is 6.17. The van der Waals surface area contributed by atoms with Crippen LogP contribution in [0.25, 0.3) is 0 Å². The van der Waals surface area contributed by atoms with Gasteiger partial charge in [-0.15, -0.1) is 0 Å². The highest BCUT2D eigenvalue weighted by molar-refractivity contribution is 7.92. The van der Waals surface area contributed by atoms with Crippen LogP contribution in [0.3, 0.4) is 0 Å². The highest BCUT2D eigenvalue weighted by Gasteiger charge is 2.30. The molecule has 0 radical (unpaired) electrons. The second-order valence-corrected chi connectivity index (χ2v) is 7.46. The third-order valence-electron chi connectivity index (χ3n) is 3.82. The first kappa shape index (κ1) is 20.4. The van der Waals surface area contributed by atoms with Gasteiger partial charge >= 0.3 is 5.97 Å². The summed E-state index contributed by atoms with van der Waals surface area (Å²) in [6.07, 6.45) is 0. The molecule has 0 aliphatic carbocycles. The zero-order valence-electron chi connectivity index (χ0n) is 15.4. The molecule has 2 aromatic carbocycles. The topological polar surface area (TPSA) is 102 Å². The standard InChI is InChI=1S/C18H21NO7S/c1-12-5-7-15(24-2)14(9-12)19(11-18(20)21)27(22,23)13-6-8-16(25-3)17(10-13)26-4/h5-10H,11H2,1-4H3,(H,20,21). The maximum Gasteiger partial charge on any atom is 0.324 e. The van der Waals surface area contributed by atoms with Crippen LogP contribution in [0.4, 0.5) is 5.69 Å². The molecule has 0 saturated carbocycles. The summed E-state index contributed by atoms with van der Waals surface area (Å²) in [4.78, 5) is 11.2. The molecule has 146 valence electrons. The van der Waals surface area contributed by atoms with Crippen molar-refractivity contribution >= 4 is 21.7 Å². The number of hydrogen-bond donors (Lipinski definition) is 1. The van der Waals surface area contributed by atoms with Crippen molar-refractivity contribution in [3.8, 4) is 17.2 Å². The minimum absolute atomic E-state index is 0.134. The van der Waals surface area contributed by atoms with Gasteiger partial charge in [0.15, 0.2) is 11.5 Å². The number of aryl methyl sites for hydroxylation is 1. The molecule has 0 atom stereocenters. The van der Waals surface area contributed by atoms with Crippen molar-refractivity contribution in [1.29, 1.82) is 0 Å². The van der Waals surface area contributed by atoms with E-state index in [0.717, 1.165) is 9.87 Å². The van der Waals surface area contributed by atoms with Gasteiger partial charge in [-0.05, 0) is 36.8 Å². The van der Waals surface area contributed by atoms with Crippen molar-refractivity contribution in [2.45, 2.75) is 11.8 Å². The highest BCUT2D eigenvalue weighted by Crippen LogP contribution is 2.35. The summed E-state index contributed by atoms with van der Waals surface area (Å²) in [5.41, 5.74) is 0.887. The number of carboxylic acids is 1. The lowest BCUT2D eigenvalue weighted by molar-refractivity contribution is -0.135. The molecule has 0 aliphatic heterocycles. The van der Waals surface area contributed by atoms with Gasteiger partial charge < -0.3 is 19.3 Å². The van der Waals surface area contributed by atoms with E-state index in [1.165, 1.54) is 39.5 Å². The molecule has 0 spiro atoms. The third-order valence-corrected chi connectivity index (χ3v) is 5.58. The number of carbonyl (C=O) groups is 1. The lowest BCUT2D eigenvalue weighted by Gasteiger charge is -2.25. The maximum absolute atomic E-state index is 13.2. The molecule has 0 aliphatic rings. The molecule has 0 fully saturated rings. The van der Waals surface area contributed by atoms with Gasteiger partial charge in [-0.2, -0.15) is 0 Å². The van der Waals surface area contributed by atoms with E-state index < -0.39 is 22.5 Å². The van der Waals surface area contributed by atoms with Gasteiger partial charge in [0.1, 0.15) is 12.3 Å². The minimum atomic E-state index is -4.22. The van der Waals surface area contributed by atoms with Gasteiger partial charge in [-0.25, -0.2) is 8.42 Å². The third kappa shape index (κ3) is 4.25. The lowest BCUT2D eigenvalue weighted by atomic mass is 10.2. The van der Waals surface area contributed by atoms with E-state index in [2.05, 4.69) is 0 Å². The second kappa shape index (κ2) is 8.17. The average Bonchev–Trinajstić information content (AvgIpc) is 2.65. The number of benzene rings is 2. The first-order chi connectivity index (χ1) is 12.7. The van der Waals surface area contributed by atoms with Crippen LogP contribution >= 0.6 is 0 Å². The van der Waals surface area contributed by atoms with E-state index >= 15 is 0 Å². The molecule has 0 saturated heterocycles. The summed E-state index contributed by atoms with van der Waals surface area (Å²) in [5.74, 6) is -0.493. The van der Waals surface area contributed by atoms with Gasteiger partial charge in [0.05, 0.1) is 31.9 Å². The van der Waals surface area contributed by atoms with Crippen LogP contribution < -0.4 is 18.5 Å². The molecule has 0 unspecified atom stereocenters. The molecule has 0 bridgehead atoms. The number of carboxylic acid groups (broad SMARTS) is 1. The summed E-state index contributed by atoms with van der Waals surface area (Å²) in [7, 11) is -0.0214. The van der Waals surface area contributed by atoms with E-state index in [1.54, 1.807) is 25.1 Å². The fourth-order valence-electron chi connectivity index (χ4n) is 2.52. The molecule has 2 aromatic rings. The quantitative estimate of drug-likeness (QED) is 0.732. The van der Waals surface area contributed by atoms with E-state index in [1.807, 2.05) is 0 Å². The fourth-order valence-corrected chi connectivity index (χ4v) is 3.95. The Bertz CT molecular complexity index is 941. The number of ether oxygens (including phenoxy) is 3. The largest absolute Gasteiger partial charge is 0.495 e. The average molecular weight is 395 g/mol.